The Balaban J connectivity index is 2.03. The van der Waals surface area contributed by atoms with E-state index in [-0.39, 0.29) is 0 Å². The summed E-state index contributed by atoms with van der Waals surface area (Å²) in [6.07, 6.45) is 2.18. The average Bonchev–Trinajstić information content (AvgIpc) is 2.02. The molecule has 2 rings (SSSR count). The van der Waals surface area contributed by atoms with Gasteiger partial charge in [0.05, 0.1) is 6.10 Å². The van der Waals surface area contributed by atoms with Crippen molar-refractivity contribution in [1.29, 1.82) is 0 Å². The van der Waals surface area contributed by atoms with E-state index in [4.69, 9.17) is 4.74 Å². The van der Waals surface area contributed by atoms with Crippen molar-refractivity contribution in [2.45, 2.75) is 6.10 Å². The number of nitrogens with zero attached hydrogens (tertiary/aromatic N) is 2. The smallest absolute Gasteiger partial charge is 0.129 e. The predicted octanol–water partition coefficient (Wildman–Crippen LogP) is 1.68. The van der Waals surface area contributed by atoms with Gasteiger partial charge in [-0.2, -0.15) is 0 Å². The van der Waals surface area contributed by atoms with Crippen LogP contribution in [0, 0.1) is 0 Å². The van der Waals surface area contributed by atoms with E-state index in [1.807, 2.05) is 12.1 Å². The van der Waals surface area contributed by atoms with Gasteiger partial charge in [0.2, 0.25) is 0 Å². The quantitative estimate of drug-likeness (QED) is 0.790. The highest BCUT2D eigenvalue weighted by molar-refractivity contribution is 9.10. The van der Waals surface area contributed by atoms with Gasteiger partial charge in [0.15, 0.2) is 0 Å². The topological polar surface area (TPSA) is 25.4 Å². The van der Waals surface area contributed by atoms with Crippen LogP contribution in [0.2, 0.25) is 0 Å². The Bertz CT molecular complexity index is 299. The summed E-state index contributed by atoms with van der Waals surface area (Å²) in [5.41, 5.74) is 0. The van der Waals surface area contributed by atoms with Crippen LogP contribution in [0.5, 0.6) is 0 Å². The molecule has 0 unspecified atom stereocenters. The van der Waals surface area contributed by atoms with E-state index in [0.717, 1.165) is 23.4 Å². The fourth-order valence-electron chi connectivity index (χ4n) is 1.34. The molecule has 70 valence electrons. The average molecular weight is 243 g/mol. The molecule has 0 saturated carbocycles. The van der Waals surface area contributed by atoms with E-state index in [1.165, 1.54) is 0 Å². The number of pyridine rings is 1. The van der Waals surface area contributed by atoms with Crippen molar-refractivity contribution in [2.24, 2.45) is 0 Å². The maximum absolute atomic E-state index is 5.19. The van der Waals surface area contributed by atoms with Crippen molar-refractivity contribution < 1.29 is 4.74 Å². The van der Waals surface area contributed by atoms with Crippen LogP contribution in [0.15, 0.2) is 22.8 Å². The zero-order valence-electron chi connectivity index (χ0n) is 7.40. The zero-order valence-corrected chi connectivity index (χ0v) is 8.99. The fourth-order valence-corrected chi connectivity index (χ4v) is 1.66. The molecule has 1 aromatic heterocycles. The molecule has 4 heteroatoms. The minimum Gasteiger partial charge on any atom is -0.378 e. The van der Waals surface area contributed by atoms with Gasteiger partial charge in [-0.25, -0.2) is 4.98 Å². The maximum atomic E-state index is 5.19. The number of anilines is 1. The Morgan fingerprint density at radius 2 is 2.38 bits per heavy atom. The summed E-state index contributed by atoms with van der Waals surface area (Å²) >= 11 is 3.42. The molecule has 0 N–H and O–H groups in total. The second-order valence-corrected chi connectivity index (χ2v) is 4.01. The molecular formula is C9H11BrN2O. The standard InChI is InChI=1S/C9H11BrN2O/c1-13-8-5-12(6-8)9-4-7(10)2-3-11-9/h2-4,8H,5-6H2,1H3. The van der Waals surface area contributed by atoms with E-state index in [9.17, 15) is 0 Å². The minimum atomic E-state index is 0.376. The van der Waals surface area contributed by atoms with E-state index < -0.39 is 0 Å². The molecule has 1 aromatic rings. The summed E-state index contributed by atoms with van der Waals surface area (Å²) in [5, 5.41) is 0. The predicted molar refractivity (Wildman–Crippen MR) is 54.9 cm³/mol. The van der Waals surface area contributed by atoms with Crippen LogP contribution in [-0.2, 0) is 4.74 Å². The van der Waals surface area contributed by atoms with Crippen molar-refractivity contribution in [2.75, 3.05) is 25.1 Å². The van der Waals surface area contributed by atoms with Crippen LogP contribution in [0.3, 0.4) is 0 Å². The molecule has 0 bridgehead atoms. The molecule has 13 heavy (non-hydrogen) atoms. The number of aromatic nitrogens is 1. The van der Waals surface area contributed by atoms with Crippen LogP contribution >= 0.6 is 15.9 Å². The lowest BCUT2D eigenvalue weighted by Gasteiger charge is -2.38. The summed E-state index contributed by atoms with van der Waals surface area (Å²) in [5.74, 6) is 1.02. The molecule has 3 nitrogen and oxygen atoms in total. The molecule has 0 amide bonds. The third-order valence-electron chi connectivity index (χ3n) is 2.21. The van der Waals surface area contributed by atoms with Crippen LogP contribution in [0.4, 0.5) is 5.82 Å². The summed E-state index contributed by atoms with van der Waals surface area (Å²) in [6.45, 7) is 1.89. The molecule has 2 heterocycles. The molecule has 0 spiro atoms. The normalized spacial score (nSPS) is 17.2. The molecule has 0 aliphatic carbocycles. The van der Waals surface area contributed by atoms with E-state index in [1.54, 1.807) is 13.3 Å². The molecule has 1 saturated heterocycles. The van der Waals surface area contributed by atoms with Crippen LogP contribution in [0.25, 0.3) is 0 Å². The molecule has 1 aliphatic heterocycles. The van der Waals surface area contributed by atoms with Crippen molar-refractivity contribution in [3.05, 3.63) is 22.8 Å². The van der Waals surface area contributed by atoms with Gasteiger partial charge in [-0.15, -0.1) is 0 Å². The molecule has 0 aromatic carbocycles. The highest BCUT2D eigenvalue weighted by Gasteiger charge is 2.27. The van der Waals surface area contributed by atoms with Gasteiger partial charge in [0, 0.05) is 30.9 Å². The van der Waals surface area contributed by atoms with Crippen molar-refractivity contribution in [1.82, 2.24) is 4.98 Å². The van der Waals surface area contributed by atoms with Gasteiger partial charge in [-0.1, -0.05) is 15.9 Å². The van der Waals surface area contributed by atoms with E-state index in [2.05, 4.69) is 25.8 Å². The highest BCUT2D eigenvalue weighted by atomic mass is 79.9. The first-order chi connectivity index (χ1) is 6.29. The van der Waals surface area contributed by atoms with Crippen LogP contribution in [-0.4, -0.2) is 31.3 Å². The first-order valence-corrected chi connectivity index (χ1v) is 4.98. The maximum Gasteiger partial charge on any atom is 0.129 e. The summed E-state index contributed by atoms with van der Waals surface area (Å²) in [6, 6.07) is 3.95. The first kappa shape index (κ1) is 8.97. The van der Waals surface area contributed by atoms with Crippen molar-refractivity contribution >= 4 is 21.7 Å². The zero-order chi connectivity index (χ0) is 9.26. The monoisotopic (exact) mass is 242 g/mol. The lowest BCUT2D eigenvalue weighted by atomic mass is 10.1. The van der Waals surface area contributed by atoms with Crippen LogP contribution in [0.1, 0.15) is 0 Å². The van der Waals surface area contributed by atoms with Gasteiger partial charge in [-0.05, 0) is 12.1 Å². The van der Waals surface area contributed by atoms with Gasteiger partial charge in [0.25, 0.3) is 0 Å². The molecule has 1 fully saturated rings. The highest BCUT2D eigenvalue weighted by Crippen LogP contribution is 2.22. The third kappa shape index (κ3) is 1.84. The molecule has 1 aliphatic rings. The van der Waals surface area contributed by atoms with E-state index in [0.29, 0.717) is 6.10 Å². The summed E-state index contributed by atoms with van der Waals surface area (Å²) in [4.78, 5) is 6.46. The number of halogens is 1. The number of ether oxygens (including phenoxy) is 1. The fraction of sp³-hybridized carbons (Fsp3) is 0.444. The number of methoxy groups -OCH3 is 1. The lowest BCUT2D eigenvalue weighted by Crippen LogP contribution is -2.52. The SMILES string of the molecule is COC1CN(c2cc(Br)ccn2)C1. The number of hydrogen-bond acceptors (Lipinski definition) is 3. The van der Waals surface area contributed by atoms with Gasteiger partial charge >= 0.3 is 0 Å². The Morgan fingerprint density at radius 1 is 1.62 bits per heavy atom. The van der Waals surface area contributed by atoms with Gasteiger partial charge < -0.3 is 9.64 Å². The van der Waals surface area contributed by atoms with Crippen molar-refractivity contribution in [3.63, 3.8) is 0 Å². The lowest BCUT2D eigenvalue weighted by molar-refractivity contribution is 0.0783. The van der Waals surface area contributed by atoms with Gasteiger partial charge in [0.1, 0.15) is 5.82 Å². The summed E-state index contributed by atoms with van der Waals surface area (Å²) in [7, 11) is 1.75. The molecule has 0 atom stereocenters. The Morgan fingerprint density at radius 3 is 3.00 bits per heavy atom. The largest absolute Gasteiger partial charge is 0.378 e. The Hall–Kier alpha value is -0.610. The summed E-state index contributed by atoms with van der Waals surface area (Å²) < 4.78 is 6.25. The second-order valence-electron chi connectivity index (χ2n) is 3.09. The number of rotatable bonds is 2. The molecule has 0 radical (unpaired) electrons. The minimum absolute atomic E-state index is 0.376. The second kappa shape index (κ2) is 3.64. The van der Waals surface area contributed by atoms with Crippen molar-refractivity contribution in [3.8, 4) is 0 Å². The Labute approximate surface area is 85.8 Å². The van der Waals surface area contributed by atoms with Crippen LogP contribution < -0.4 is 4.90 Å². The third-order valence-corrected chi connectivity index (χ3v) is 2.71. The number of hydrogen-bond donors (Lipinski definition) is 0. The molecular weight excluding hydrogens is 232 g/mol. The van der Waals surface area contributed by atoms with E-state index >= 15 is 0 Å². The first-order valence-electron chi connectivity index (χ1n) is 4.19. The Kier molecular flexibility index (Phi) is 2.51. The van der Waals surface area contributed by atoms with Gasteiger partial charge in [-0.3, -0.25) is 0 Å².